The Kier molecular flexibility index (Phi) is 5.78. The van der Waals surface area contributed by atoms with E-state index >= 15 is 0 Å². The van der Waals surface area contributed by atoms with Gasteiger partial charge < -0.3 is 4.90 Å². The molecule has 2 fully saturated rings. The maximum absolute atomic E-state index is 13.4. The number of hydrogen-bond acceptors (Lipinski definition) is 3. The minimum Gasteiger partial charge on any atom is -0.339 e. The summed E-state index contributed by atoms with van der Waals surface area (Å²) >= 11 is 0. The first-order valence-electron chi connectivity index (χ1n) is 9.51. The van der Waals surface area contributed by atoms with Gasteiger partial charge in [0.25, 0.3) is 0 Å². The lowest BCUT2D eigenvalue weighted by atomic mass is 9.86. The summed E-state index contributed by atoms with van der Waals surface area (Å²) in [6, 6.07) is 5.06. The summed E-state index contributed by atoms with van der Waals surface area (Å²) in [4.78, 5) is 19.2. The van der Waals surface area contributed by atoms with Crippen LogP contribution in [0.1, 0.15) is 30.4 Å². The van der Waals surface area contributed by atoms with Gasteiger partial charge in [0.05, 0.1) is 0 Å². The van der Waals surface area contributed by atoms with Crippen LogP contribution in [-0.2, 0) is 11.3 Å². The molecule has 0 aromatic heterocycles. The molecule has 0 bridgehead atoms. The molecule has 1 aromatic carbocycles. The van der Waals surface area contributed by atoms with Gasteiger partial charge in [0, 0.05) is 51.2 Å². The number of amides is 1. The number of aryl methyl sites for hydroxylation is 1. The van der Waals surface area contributed by atoms with E-state index in [1.165, 1.54) is 5.56 Å². The van der Waals surface area contributed by atoms with Gasteiger partial charge in [-0.15, -0.1) is 6.58 Å². The van der Waals surface area contributed by atoms with Crippen LogP contribution in [0.2, 0.25) is 0 Å². The number of nitrogens with zero attached hydrogens (tertiary/aromatic N) is 3. The van der Waals surface area contributed by atoms with Crippen molar-refractivity contribution in [2.45, 2.75) is 38.3 Å². The second-order valence-electron chi connectivity index (χ2n) is 7.81. The molecular weight excluding hydrogens is 329 g/mol. The second-order valence-corrected chi connectivity index (χ2v) is 7.81. The molecule has 2 saturated heterocycles. The van der Waals surface area contributed by atoms with E-state index in [1.807, 2.05) is 24.0 Å². The Balaban J connectivity index is 1.73. The highest BCUT2D eigenvalue weighted by molar-refractivity contribution is 5.76. The van der Waals surface area contributed by atoms with E-state index in [0.717, 1.165) is 51.1 Å². The van der Waals surface area contributed by atoms with Gasteiger partial charge in [0.2, 0.25) is 5.91 Å². The topological polar surface area (TPSA) is 26.8 Å². The predicted octanol–water partition coefficient (Wildman–Crippen LogP) is 2.82. The molecule has 3 rings (SSSR count). The van der Waals surface area contributed by atoms with Gasteiger partial charge in [0.15, 0.2) is 0 Å². The first kappa shape index (κ1) is 19.1. The molecule has 0 saturated carbocycles. The molecule has 0 N–H and O–H groups in total. The minimum atomic E-state index is -0.175. The van der Waals surface area contributed by atoms with Crippen LogP contribution in [0.15, 0.2) is 30.9 Å². The van der Waals surface area contributed by atoms with Crippen molar-refractivity contribution in [2.75, 3.05) is 39.8 Å². The van der Waals surface area contributed by atoms with Gasteiger partial charge in [-0.3, -0.25) is 14.6 Å². The van der Waals surface area contributed by atoms with Crippen molar-refractivity contribution in [3.05, 3.63) is 47.8 Å². The highest BCUT2D eigenvalue weighted by Crippen LogP contribution is 2.32. The van der Waals surface area contributed by atoms with E-state index in [-0.39, 0.29) is 17.3 Å². The molecule has 4 nitrogen and oxygen atoms in total. The summed E-state index contributed by atoms with van der Waals surface area (Å²) in [5.74, 6) is 0.0624. The van der Waals surface area contributed by atoms with Gasteiger partial charge in [-0.2, -0.15) is 0 Å². The first-order chi connectivity index (χ1) is 12.4. The molecule has 2 aliphatic heterocycles. The number of benzene rings is 1. The van der Waals surface area contributed by atoms with Crippen LogP contribution in [0.5, 0.6) is 0 Å². The zero-order valence-electron chi connectivity index (χ0n) is 16.0. The van der Waals surface area contributed by atoms with Crippen LogP contribution >= 0.6 is 0 Å². The van der Waals surface area contributed by atoms with E-state index in [0.29, 0.717) is 13.0 Å². The smallest absolute Gasteiger partial charge is 0.222 e. The number of halogens is 1. The van der Waals surface area contributed by atoms with Crippen molar-refractivity contribution < 1.29 is 9.18 Å². The van der Waals surface area contributed by atoms with Crippen molar-refractivity contribution in [3.8, 4) is 0 Å². The first-order valence-corrected chi connectivity index (χ1v) is 9.51. The molecule has 1 spiro atoms. The van der Waals surface area contributed by atoms with E-state index in [9.17, 15) is 9.18 Å². The summed E-state index contributed by atoms with van der Waals surface area (Å²) in [5, 5.41) is 0. The number of carbonyl (C=O) groups excluding carboxylic acids is 1. The predicted molar refractivity (Wildman–Crippen MR) is 102 cm³/mol. The third-order valence-corrected chi connectivity index (χ3v) is 6.13. The number of carbonyl (C=O) groups is 1. The molecular formula is C21H30FN3O. The maximum Gasteiger partial charge on any atom is 0.222 e. The van der Waals surface area contributed by atoms with Crippen LogP contribution in [0.4, 0.5) is 4.39 Å². The fourth-order valence-electron chi connectivity index (χ4n) is 4.34. The maximum atomic E-state index is 13.4. The number of hydrogen-bond donors (Lipinski definition) is 0. The van der Waals surface area contributed by atoms with Crippen molar-refractivity contribution in [2.24, 2.45) is 0 Å². The lowest BCUT2D eigenvalue weighted by Gasteiger charge is -2.49. The fraction of sp³-hybridized carbons (Fsp3) is 0.571. The SMILES string of the molecule is C=CCN1CC[C@@]2(CCC1=O)CN(Cc1ccc(F)cc1C)CCN2C. The van der Waals surface area contributed by atoms with Gasteiger partial charge >= 0.3 is 0 Å². The van der Waals surface area contributed by atoms with Gasteiger partial charge in [0.1, 0.15) is 5.82 Å². The van der Waals surface area contributed by atoms with Gasteiger partial charge in [-0.1, -0.05) is 12.1 Å². The molecule has 5 heteroatoms. The number of rotatable bonds is 4. The average Bonchev–Trinajstić information content (AvgIpc) is 2.76. The Morgan fingerprint density at radius 3 is 2.81 bits per heavy atom. The monoisotopic (exact) mass is 359 g/mol. The van der Waals surface area contributed by atoms with E-state index in [2.05, 4.69) is 23.4 Å². The largest absolute Gasteiger partial charge is 0.339 e. The standard InChI is InChI=1S/C21H30FN3O/c1-4-10-25-11-9-21(8-7-20(25)26)16-24(13-12-23(21)3)15-18-5-6-19(22)14-17(18)2/h4-6,14H,1,7-13,15-16H2,2-3H3/t21-/m0/s1. The third-order valence-electron chi connectivity index (χ3n) is 6.13. The Bertz CT molecular complexity index is 677. The summed E-state index contributed by atoms with van der Waals surface area (Å²) in [5.41, 5.74) is 2.23. The van der Waals surface area contributed by atoms with Crippen molar-refractivity contribution in [1.82, 2.24) is 14.7 Å². The lowest BCUT2D eigenvalue weighted by molar-refractivity contribution is -0.130. The van der Waals surface area contributed by atoms with Crippen LogP contribution in [0.3, 0.4) is 0 Å². The Morgan fingerprint density at radius 1 is 1.27 bits per heavy atom. The van der Waals surface area contributed by atoms with E-state index in [1.54, 1.807) is 12.1 Å². The van der Waals surface area contributed by atoms with Crippen LogP contribution in [-0.4, -0.2) is 65.9 Å². The zero-order chi connectivity index (χ0) is 18.7. The molecule has 0 unspecified atom stereocenters. The summed E-state index contributed by atoms with van der Waals surface area (Å²) < 4.78 is 13.4. The Hall–Kier alpha value is -1.72. The lowest BCUT2D eigenvalue weighted by Crippen LogP contribution is -2.60. The van der Waals surface area contributed by atoms with Crippen LogP contribution < -0.4 is 0 Å². The average molecular weight is 359 g/mol. The Morgan fingerprint density at radius 2 is 2.08 bits per heavy atom. The Labute approximate surface area is 156 Å². The van der Waals surface area contributed by atoms with Crippen LogP contribution in [0, 0.1) is 12.7 Å². The van der Waals surface area contributed by atoms with E-state index < -0.39 is 0 Å². The minimum absolute atomic E-state index is 0.0394. The molecule has 1 atom stereocenters. The van der Waals surface area contributed by atoms with Gasteiger partial charge in [-0.25, -0.2) is 4.39 Å². The van der Waals surface area contributed by atoms with Gasteiger partial charge in [-0.05, 0) is 50.1 Å². The normalized spacial score (nSPS) is 25.5. The molecule has 26 heavy (non-hydrogen) atoms. The quantitative estimate of drug-likeness (QED) is 0.774. The summed E-state index contributed by atoms with van der Waals surface area (Å²) in [6.45, 7) is 11.0. The number of likely N-dealkylation sites (N-methyl/N-ethyl adjacent to an activating group) is 1. The molecule has 2 aliphatic rings. The highest BCUT2D eigenvalue weighted by atomic mass is 19.1. The molecule has 142 valence electrons. The van der Waals surface area contributed by atoms with Crippen molar-refractivity contribution in [3.63, 3.8) is 0 Å². The molecule has 0 aliphatic carbocycles. The number of likely N-dealkylation sites (tertiary alicyclic amines) is 1. The van der Waals surface area contributed by atoms with E-state index in [4.69, 9.17) is 0 Å². The van der Waals surface area contributed by atoms with Crippen molar-refractivity contribution >= 4 is 5.91 Å². The summed E-state index contributed by atoms with van der Waals surface area (Å²) in [6.07, 6.45) is 4.29. The fourth-order valence-corrected chi connectivity index (χ4v) is 4.34. The molecule has 0 radical (unpaired) electrons. The summed E-state index contributed by atoms with van der Waals surface area (Å²) in [7, 11) is 2.19. The van der Waals surface area contributed by atoms with Crippen LogP contribution in [0.25, 0.3) is 0 Å². The second kappa shape index (κ2) is 7.89. The number of piperazine rings is 1. The zero-order valence-corrected chi connectivity index (χ0v) is 16.0. The molecule has 2 heterocycles. The third kappa shape index (κ3) is 3.99. The molecule has 1 amide bonds. The highest BCUT2D eigenvalue weighted by Gasteiger charge is 2.42. The molecule has 1 aromatic rings. The van der Waals surface area contributed by atoms with Crippen molar-refractivity contribution in [1.29, 1.82) is 0 Å².